The fourth-order valence-corrected chi connectivity index (χ4v) is 5.33. The molecule has 2 amide bonds. The molecule has 0 saturated carbocycles. The van der Waals surface area contributed by atoms with Gasteiger partial charge in [-0.3, -0.25) is 14.3 Å². The van der Waals surface area contributed by atoms with Crippen molar-refractivity contribution in [3.63, 3.8) is 0 Å². The molecule has 218 valence electrons. The summed E-state index contributed by atoms with van der Waals surface area (Å²) in [6.45, 7) is 3.24. The van der Waals surface area contributed by atoms with Crippen molar-refractivity contribution in [1.82, 2.24) is 9.78 Å². The molecule has 1 aliphatic heterocycles. The lowest BCUT2D eigenvalue weighted by Gasteiger charge is -2.23. The highest BCUT2D eigenvalue weighted by Crippen LogP contribution is 2.40. The van der Waals surface area contributed by atoms with Crippen molar-refractivity contribution >= 4 is 40.7 Å². The third-order valence-electron chi connectivity index (χ3n) is 7.08. The van der Waals surface area contributed by atoms with E-state index in [1.54, 1.807) is 17.3 Å². The highest BCUT2D eigenvalue weighted by molar-refractivity contribution is 6.34. The van der Waals surface area contributed by atoms with E-state index < -0.39 is 11.7 Å². The van der Waals surface area contributed by atoms with E-state index in [0.717, 1.165) is 17.2 Å². The molecule has 11 heteroatoms. The minimum Gasteiger partial charge on any atom is -0.493 e. The van der Waals surface area contributed by atoms with Gasteiger partial charge in [0.2, 0.25) is 11.8 Å². The van der Waals surface area contributed by atoms with Crippen LogP contribution in [0.2, 0.25) is 10.0 Å². The van der Waals surface area contributed by atoms with E-state index in [4.69, 9.17) is 38.4 Å². The summed E-state index contributed by atoms with van der Waals surface area (Å²) in [4.78, 5) is 26.8. The quantitative estimate of drug-likeness (QED) is 0.220. The van der Waals surface area contributed by atoms with Gasteiger partial charge < -0.3 is 20.1 Å². The maximum Gasteiger partial charge on any atom is 0.250 e. The monoisotopic (exact) mass is 610 g/mol. The van der Waals surface area contributed by atoms with Gasteiger partial charge >= 0.3 is 0 Å². The molecule has 0 atom stereocenters. The van der Waals surface area contributed by atoms with Crippen LogP contribution in [0, 0.1) is 12.7 Å². The number of ether oxygens (including phenoxy) is 2. The van der Waals surface area contributed by atoms with Gasteiger partial charge in [0.15, 0.2) is 5.75 Å². The normalized spacial score (nSPS) is 12.8. The number of nitrogens with two attached hydrogens (primary N) is 1. The van der Waals surface area contributed by atoms with Crippen LogP contribution < -0.4 is 20.1 Å². The molecule has 1 aliphatic rings. The number of fused-ring (bicyclic) bond motifs is 1. The number of para-hydroxylation sites is 1. The number of benzene rings is 3. The number of hydrogen-bond acceptors (Lipinski definition) is 5. The third kappa shape index (κ3) is 6.22. The topological polar surface area (TPSA) is 99.7 Å². The van der Waals surface area contributed by atoms with Crippen molar-refractivity contribution < 1.29 is 23.5 Å². The Bertz CT molecular complexity index is 1640. The number of carbonyl (C=O) groups excluding carboxylic acids is 2. The second-order valence-corrected chi connectivity index (χ2v) is 10.7. The van der Waals surface area contributed by atoms with Crippen LogP contribution in [0.3, 0.4) is 0 Å². The molecule has 0 fully saturated rings. The van der Waals surface area contributed by atoms with Crippen LogP contribution in [0.5, 0.6) is 11.5 Å². The largest absolute Gasteiger partial charge is 0.493 e. The van der Waals surface area contributed by atoms with Crippen LogP contribution in [0.1, 0.15) is 40.7 Å². The van der Waals surface area contributed by atoms with Gasteiger partial charge in [0, 0.05) is 46.4 Å². The Morgan fingerprint density at radius 1 is 1.14 bits per heavy atom. The van der Waals surface area contributed by atoms with Gasteiger partial charge in [-0.15, -0.1) is 0 Å². The number of carbonyl (C=O) groups is 2. The van der Waals surface area contributed by atoms with Gasteiger partial charge in [-0.25, -0.2) is 4.39 Å². The zero-order valence-corrected chi connectivity index (χ0v) is 24.4. The van der Waals surface area contributed by atoms with Crippen LogP contribution in [-0.4, -0.2) is 41.4 Å². The van der Waals surface area contributed by atoms with E-state index in [1.165, 1.54) is 10.7 Å². The van der Waals surface area contributed by atoms with E-state index in [1.807, 2.05) is 43.3 Å². The van der Waals surface area contributed by atoms with Gasteiger partial charge in [-0.05, 0) is 50.1 Å². The SMILES string of the molecule is Cc1c(Cl)cccc1OCCCC(=O)N1CCCOc2c(-c3cnn(Cc4c(F)ccc(C(N)=O)c4Cl)c3)cccc21. The number of rotatable bonds is 9. The van der Waals surface area contributed by atoms with Gasteiger partial charge in [0.25, 0.3) is 0 Å². The first-order chi connectivity index (χ1) is 20.2. The van der Waals surface area contributed by atoms with Crippen molar-refractivity contribution in [2.24, 2.45) is 5.73 Å². The fraction of sp³-hybridized carbons (Fsp3) is 0.258. The Morgan fingerprint density at radius 3 is 2.76 bits per heavy atom. The molecule has 1 aromatic heterocycles. The number of hydrogen-bond donors (Lipinski definition) is 1. The molecule has 5 rings (SSSR count). The van der Waals surface area contributed by atoms with Crippen molar-refractivity contribution in [3.8, 4) is 22.6 Å². The maximum atomic E-state index is 14.6. The predicted octanol–water partition coefficient (Wildman–Crippen LogP) is 6.43. The second kappa shape index (κ2) is 12.8. The highest BCUT2D eigenvalue weighted by atomic mass is 35.5. The van der Waals surface area contributed by atoms with Crippen LogP contribution in [0.25, 0.3) is 11.1 Å². The smallest absolute Gasteiger partial charge is 0.250 e. The summed E-state index contributed by atoms with van der Waals surface area (Å²) in [7, 11) is 0. The highest BCUT2D eigenvalue weighted by Gasteiger charge is 2.25. The van der Waals surface area contributed by atoms with Crippen molar-refractivity contribution in [1.29, 1.82) is 0 Å². The van der Waals surface area contributed by atoms with Crippen molar-refractivity contribution in [3.05, 3.63) is 93.5 Å². The molecule has 0 radical (unpaired) electrons. The van der Waals surface area contributed by atoms with Crippen LogP contribution in [0.4, 0.5) is 10.1 Å². The molecule has 0 aliphatic carbocycles. The van der Waals surface area contributed by atoms with Gasteiger partial charge in [-0.2, -0.15) is 5.10 Å². The Hall–Kier alpha value is -4.08. The van der Waals surface area contributed by atoms with Crippen LogP contribution in [-0.2, 0) is 11.3 Å². The second-order valence-electron chi connectivity index (χ2n) is 9.89. The first kappa shape index (κ1) is 29.4. The van der Waals surface area contributed by atoms with Gasteiger partial charge in [-0.1, -0.05) is 41.4 Å². The molecule has 2 N–H and O–H groups in total. The summed E-state index contributed by atoms with van der Waals surface area (Å²) < 4.78 is 28.1. The first-order valence-electron chi connectivity index (χ1n) is 13.5. The Balaban J connectivity index is 1.32. The molecule has 0 bridgehead atoms. The Morgan fingerprint density at radius 2 is 1.95 bits per heavy atom. The predicted molar refractivity (Wildman–Crippen MR) is 160 cm³/mol. The average Bonchev–Trinajstić information content (AvgIpc) is 3.32. The Labute approximate surface area is 252 Å². The van der Waals surface area contributed by atoms with Crippen molar-refractivity contribution in [2.45, 2.75) is 32.7 Å². The van der Waals surface area contributed by atoms with Gasteiger partial charge in [0.1, 0.15) is 11.6 Å². The van der Waals surface area contributed by atoms with E-state index in [2.05, 4.69) is 5.10 Å². The number of anilines is 1. The summed E-state index contributed by atoms with van der Waals surface area (Å²) >= 11 is 12.5. The Kier molecular flexibility index (Phi) is 8.99. The molecule has 42 heavy (non-hydrogen) atoms. The minimum absolute atomic E-state index is 0.0109. The zero-order valence-electron chi connectivity index (χ0n) is 22.9. The lowest BCUT2D eigenvalue weighted by Crippen LogP contribution is -2.31. The summed E-state index contributed by atoms with van der Waals surface area (Å²) in [5.41, 5.74) is 8.52. The zero-order chi connectivity index (χ0) is 29.8. The van der Waals surface area contributed by atoms with Crippen LogP contribution in [0.15, 0.2) is 60.9 Å². The molecule has 0 unspecified atom stereocenters. The maximum absolute atomic E-state index is 14.6. The van der Waals surface area contributed by atoms with Crippen LogP contribution >= 0.6 is 23.2 Å². The van der Waals surface area contributed by atoms with E-state index in [0.29, 0.717) is 66.8 Å². The molecular formula is C31H29Cl2FN4O4. The molecule has 0 spiro atoms. The minimum atomic E-state index is -0.741. The number of nitrogens with zero attached hydrogens (tertiary/aromatic N) is 3. The van der Waals surface area contributed by atoms with Gasteiger partial charge in [0.05, 0.1) is 42.2 Å². The molecule has 8 nitrogen and oxygen atoms in total. The van der Waals surface area contributed by atoms with E-state index >= 15 is 0 Å². The third-order valence-corrected chi connectivity index (χ3v) is 7.93. The molecule has 2 heterocycles. The number of primary amides is 1. The number of aromatic nitrogens is 2. The lowest BCUT2D eigenvalue weighted by atomic mass is 10.1. The molecule has 3 aromatic carbocycles. The molecular weight excluding hydrogens is 582 g/mol. The molecule has 0 saturated heterocycles. The van der Waals surface area contributed by atoms with E-state index in [9.17, 15) is 14.0 Å². The van der Waals surface area contributed by atoms with E-state index in [-0.39, 0.29) is 28.6 Å². The summed E-state index contributed by atoms with van der Waals surface area (Å²) in [5, 5.41) is 4.97. The fourth-order valence-electron chi connectivity index (χ4n) is 4.86. The van der Waals surface area contributed by atoms with Crippen molar-refractivity contribution in [2.75, 3.05) is 24.7 Å². The molecule has 4 aromatic rings. The standard InChI is InChI=1S/C31H29Cl2FN4O4/c1-19-24(32)7-3-9-27(19)41-14-4-10-28(39)38-13-5-15-42-30-21(6-2-8-26(30)38)20-16-36-37(17-20)18-23-25(34)12-11-22(29(23)33)31(35)40/h2-3,6-9,11-12,16-17H,4-5,10,13-15,18H2,1H3,(H2,35,40). The first-order valence-corrected chi connectivity index (χ1v) is 14.2. The average molecular weight is 612 g/mol. The number of halogens is 3. The summed E-state index contributed by atoms with van der Waals surface area (Å²) in [6.07, 6.45) is 4.88. The summed E-state index contributed by atoms with van der Waals surface area (Å²) in [6, 6.07) is 13.5. The lowest BCUT2D eigenvalue weighted by molar-refractivity contribution is -0.118. The summed E-state index contributed by atoms with van der Waals surface area (Å²) in [5.74, 6) is -0.0519. The number of amides is 2.